The molecular weight excluding hydrogens is 276 g/mol. The van der Waals surface area contributed by atoms with Gasteiger partial charge >= 0.3 is 0 Å². The van der Waals surface area contributed by atoms with Crippen LogP contribution in [0.15, 0.2) is 35.3 Å². The molecule has 0 unspecified atom stereocenters. The van der Waals surface area contributed by atoms with Crippen LogP contribution in [-0.4, -0.2) is 32.9 Å². The molecule has 0 amide bonds. The monoisotopic (exact) mass is 296 g/mol. The van der Waals surface area contributed by atoms with Crippen molar-refractivity contribution in [2.45, 2.75) is 32.2 Å². The van der Waals surface area contributed by atoms with E-state index >= 15 is 0 Å². The van der Waals surface area contributed by atoms with Gasteiger partial charge in [-0.3, -0.25) is 9.88 Å². The lowest BCUT2D eigenvalue weighted by Gasteiger charge is -2.31. The zero-order valence-electron chi connectivity index (χ0n) is 12.7. The molecule has 4 heterocycles. The fourth-order valence-electron chi connectivity index (χ4n) is 3.37. The molecule has 4 rings (SSSR count). The molecule has 0 saturated carbocycles. The highest BCUT2D eigenvalue weighted by molar-refractivity contribution is 5.79. The molecule has 1 aliphatic heterocycles. The Morgan fingerprint density at radius 3 is 2.95 bits per heavy atom. The van der Waals surface area contributed by atoms with Gasteiger partial charge in [-0.05, 0) is 56.5 Å². The molecule has 1 fully saturated rings. The van der Waals surface area contributed by atoms with Crippen molar-refractivity contribution >= 4 is 11.0 Å². The maximum absolute atomic E-state index is 5.46. The third-order valence-electron chi connectivity index (χ3n) is 4.70. The van der Waals surface area contributed by atoms with E-state index in [1.807, 2.05) is 19.2 Å². The molecule has 0 atom stereocenters. The number of nitrogens with one attached hydrogen (secondary N) is 1. The van der Waals surface area contributed by atoms with Crippen molar-refractivity contribution in [1.82, 2.24) is 19.9 Å². The van der Waals surface area contributed by atoms with E-state index in [9.17, 15) is 0 Å². The zero-order chi connectivity index (χ0) is 14.9. The first-order chi connectivity index (χ1) is 10.8. The Morgan fingerprint density at radius 1 is 1.32 bits per heavy atom. The third kappa shape index (κ3) is 2.41. The summed E-state index contributed by atoms with van der Waals surface area (Å²) in [5, 5.41) is 0. The Morgan fingerprint density at radius 2 is 2.18 bits per heavy atom. The Kier molecular flexibility index (Phi) is 3.42. The van der Waals surface area contributed by atoms with Crippen LogP contribution in [0.1, 0.15) is 35.8 Å². The Hall–Kier alpha value is -2.14. The molecular formula is C17H20N4O. The minimum Gasteiger partial charge on any atom is -0.447 e. The van der Waals surface area contributed by atoms with E-state index in [0.29, 0.717) is 5.92 Å². The first-order valence-corrected chi connectivity index (χ1v) is 7.84. The van der Waals surface area contributed by atoms with E-state index < -0.39 is 0 Å². The predicted octanol–water partition coefficient (Wildman–Crippen LogP) is 3.24. The number of aryl methyl sites for hydroxylation is 1. The van der Waals surface area contributed by atoms with Gasteiger partial charge in [-0.2, -0.15) is 0 Å². The number of hydrogen-bond acceptors (Lipinski definition) is 4. The zero-order valence-corrected chi connectivity index (χ0v) is 12.7. The normalized spacial score (nSPS) is 17.3. The van der Waals surface area contributed by atoms with Crippen molar-refractivity contribution in [3.63, 3.8) is 0 Å². The summed E-state index contributed by atoms with van der Waals surface area (Å²) >= 11 is 0. The molecule has 0 radical (unpaired) electrons. The number of aromatic amines is 1. The molecule has 5 nitrogen and oxygen atoms in total. The Balaban J connectivity index is 1.44. The van der Waals surface area contributed by atoms with Crippen molar-refractivity contribution in [3.8, 4) is 0 Å². The van der Waals surface area contributed by atoms with Gasteiger partial charge in [0, 0.05) is 12.4 Å². The summed E-state index contributed by atoms with van der Waals surface area (Å²) in [5.74, 6) is 1.59. The van der Waals surface area contributed by atoms with Crippen LogP contribution in [0.3, 0.4) is 0 Å². The molecule has 0 aliphatic carbocycles. The largest absolute Gasteiger partial charge is 0.447 e. The SMILES string of the molecule is Cc1ncoc1CN1CCC(c2c[nH]c3cccnc23)CC1. The van der Waals surface area contributed by atoms with Crippen molar-refractivity contribution in [2.75, 3.05) is 13.1 Å². The van der Waals surface area contributed by atoms with Crippen LogP contribution in [0, 0.1) is 6.92 Å². The highest BCUT2D eigenvalue weighted by Crippen LogP contribution is 2.32. The number of likely N-dealkylation sites (tertiary alicyclic amines) is 1. The van der Waals surface area contributed by atoms with Crippen LogP contribution >= 0.6 is 0 Å². The molecule has 1 aliphatic rings. The number of nitrogens with zero attached hydrogens (tertiary/aromatic N) is 3. The number of aromatic nitrogens is 3. The summed E-state index contributed by atoms with van der Waals surface area (Å²) in [4.78, 5) is 14.5. The first-order valence-electron chi connectivity index (χ1n) is 7.84. The van der Waals surface area contributed by atoms with Crippen LogP contribution in [-0.2, 0) is 6.54 Å². The first kappa shape index (κ1) is 13.5. The second-order valence-electron chi connectivity index (χ2n) is 6.05. The summed E-state index contributed by atoms with van der Waals surface area (Å²) in [6, 6.07) is 4.07. The lowest BCUT2D eigenvalue weighted by Crippen LogP contribution is -2.32. The van der Waals surface area contributed by atoms with Gasteiger partial charge in [-0.15, -0.1) is 0 Å². The van der Waals surface area contributed by atoms with Gasteiger partial charge in [0.25, 0.3) is 0 Å². The number of piperidine rings is 1. The Labute approximate surface area is 129 Å². The molecule has 5 heteroatoms. The molecule has 0 aromatic carbocycles. The number of hydrogen-bond donors (Lipinski definition) is 1. The maximum atomic E-state index is 5.46. The molecule has 1 N–H and O–H groups in total. The minimum absolute atomic E-state index is 0.593. The van der Waals surface area contributed by atoms with Crippen molar-refractivity contribution < 1.29 is 4.42 Å². The fraction of sp³-hybridized carbons (Fsp3) is 0.412. The van der Waals surface area contributed by atoms with Crippen LogP contribution in [0.25, 0.3) is 11.0 Å². The van der Waals surface area contributed by atoms with Gasteiger partial charge < -0.3 is 9.40 Å². The lowest BCUT2D eigenvalue weighted by molar-refractivity contribution is 0.190. The second kappa shape index (κ2) is 5.57. The van der Waals surface area contributed by atoms with Gasteiger partial charge in [0.1, 0.15) is 5.76 Å². The molecule has 1 saturated heterocycles. The van der Waals surface area contributed by atoms with Gasteiger partial charge in [0.2, 0.25) is 0 Å². The van der Waals surface area contributed by atoms with Gasteiger partial charge in [0.05, 0.1) is 23.3 Å². The molecule has 0 bridgehead atoms. The summed E-state index contributed by atoms with van der Waals surface area (Å²) in [5.41, 5.74) is 4.64. The topological polar surface area (TPSA) is 58.0 Å². The predicted molar refractivity (Wildman–Crippen MR) is 84.6 cm³/mol. The number of rotatable bonds is 3. The van der Waals surface area contributed by atoms with Gasteiger partial charge in [-0.25, -0.2) is 4.98 Å². The molecule has 22 heavy (non-hydrogen) atoms. The summed E-state index contributed by atoms with van der Waals surface area (Å²) < 4.78 is 5.46. The number of pyridine rings is 1. The highest BCUT2D eigenvalue weighted by Gasteiger charge is 2.24. The smallest absolute Gasteiger partial charge is 0.181 e. The molecule has 3 aromatic heterocycles. The van der Waals surface area contributed by atoms with Crippen molar-refractivity contribution in [3.05, 3.63) is 47.9 Å². The van der Waals surface area contributed by atoms with Crippen LogP contribution in [0.4, 0.5) is 0 Å². The number of oxazole rings is 1. The van der Waals surface area contributed by atoms with E-state index in [-0.39, 0.29) is 0 Å². The molecule has 0 spiro atoms. The Bertz CT molecular complexity index is 768. The quantitative estimate of drug-likeness (QED) is 0.806. The maximum Gasteiger partial charge on any atom is 0.181 e. The van der Waals surface area contributed by atoms with E-state index in [2.05, 4.69) is 32.1 Å². The van der Waals surface area contributed by atoms with E-state index in [1.54, 1.807) is 0 Å². The lowest BCUT2D eigenvalue weighted by atomic mass is 9.90. The van der Waals surface area contributed by atoms with E-state index in [4.69, 9.17) is 4.42 Å². The van der Waals surface area contributed by atoms with Crippen molar-refractivity contribution in [1.29, 1.82) is 0 Å². The second-order valence-corrected chi connectivity index (χ2v) is 6.05. The third-order valence-corrected chi connectivity index (χ3v) is 4.70. The summed E-state index contributed by atoms with van der Waals surface area (Å²) in [6.45, 7) is 5.04. The van der Waals surface area contributed by atoms with E-state index in [0.717, 1.165) is 55.0 Å². The number of fused-ring (bicyclic) bond motifs is 1. The van der Waals surface area contributed by atoms with Crippen LogP contribution in [0.2, 0.25) is 0 Å². The van der Waals surface area contributed by atoms with Crippen molar-refractivity contribution in [2.24, 2.45) is 0 Å². The van der Waals surface area contributed by atoms with Crippen LogP contribution < -0.4 is 0 Å². The molecule has 3 aromatic rings. The highest BCUT2D eigenvalue weighted by atomic mass is 16.3. The van der Waals surface area contributed by atoms with Crippen LogP contribution in [0.5, 0.6) is 0 Å². The average Bonchev–Trinajstić information content (AvgIpc) is 3.15. The fourth-order valence-corrected chi connectivity index (χ4v) is 3.37. The average molecular weight is 296 g/mol. The minimum atomic E-state index is 0.593. The van der Waals surface area contributed by atoms with E-state index in [1.165, 1.54) is 12.0 Å². The standard InChI is InChI=1S/C17H20N4O/c1-12-16(22-11-20-12)10-21-7-4-13(5-8-21)14-9-19-15-3-2-6-18-17(14)15/h2-3,6,9,11,13,19H,4-5,7-8,10H2,1H3. The number of H-pyrrole nitrogens is 1. The summed E-state index contributed by atoms with van der Waals surface area (Å²) in [7, 11) is 0. The van der Waals surface area contributed by atoms with Gasteiger partial charge in [-0.1, -0.05) is 0 Å². The van der Waals surface area contributed by atoms with Gasteiger partial charge in [0.15, 0.2) is 6.39 Å². The molecule has 114 valence electrons. The summed E-state index contributed by atoms with van der Waals surface area (Å²) in [6.07, 6.45) is 7.88.